The van der Waals surface area contributed by atoms with E-state index in [0.29, 0.717) is 16.9 Å². The van der Waals surface area contributed by atoms with Gasteiger partial charge in [0.05, 0.1) is 17.8 Å². The molecule has 3 rings (SSSR count). The molecular weight excluding hydrogens is 400 g/mol. The first-order chi connectivity index (χ1) is 13.3. The minimum Gasteiger partial charge on any atom is -0.461 e. The molecule has 0 atom stereocenters. The lowest BCUT2D eigenvalue weighted by Gasteiger charge is -2.21. The molecule has 0 fully saturated rings. The molecule has 0 aliphatic carbocycles. The van der Waals surface area contributed by atoms with Gasteiger partial charge in [-0.3, -0.25) is 4.31 Å². The highest BCUT2D eigenvalue weighted by Crippen LogP contribution is 2.35. The number of hydrogen-bond donors (Lipinski definition) is 0. The third-order valence-electron chi connectivity index (χ3n) is 4.45. The van der Waals surface area contributed by atoms with Gasteiger partial charge in [-0.2, -0.15) is 0 Å². The Balaban J connectivity index is 2.26. The van der Waals surface area contributed by atoms with Gasteiger partial charge in [0.1, 0.15) is 16.6 Å². The topological polar surface area (TPSA) is 77.8 Å². The molecule has 0 amide bonds. The Hall–Kier alpha value is -2.36. The van der Waals surface area contributed by atoms with Crippen molar-refractivity contribution in [1.29, 1.82) is 0 Å². The molecule has 7 nitrogen and oxygen atoms in total. The molecule has 0 unspecified atom stereocenters. The van der Waals surface area contributed by atoms with Crippen LogP contribution in [0, 0.1) is 6.92 Å². The van der Waals surface area contributed by atoms with Crippen LogP contribution in [0.25, 0.3) is 10.9 Å². The number of aryl methyl sites for hydroxylation is 1. The molecule has 2 aromatic heterocycles. The van der Waals surface area contributed by atoms with E-state index in [2.05, 4.69) is 0 Å². The van der Waals surface area contributed by atoms with Crippen molar-refractivity contribution in [3.63, 3.8) is 0 Å². The summed E-state index contributed by atoms with van der Waals surface area (Å²) in [5.41, 5.74) is 2.30. The SMILES string of the molecule is CCOC(=O)c1cc2c(C)ccc(N(C)S(=O)(=O)c3cccs3)c2n1COC. The van der Waals surface area contributed by atoms with Crippen LogP contribution in [0.1, 0.15) is 23.0 Å². The van der Waals surface area contributed by atoms with Gasteiger partial charge in [0, 0.05) is 19.5 Å². The largest absolute Gasteiger partial charge is 0.461 e. The molecule has 0 bridgehead atoms. The number of hydrogen-bond acceptors (Lipinski definition) is 6. The van der Waals surface area contributed by atoms with Crippen molar-refractivity contribution >= 4 is 43.9 Å². The highest BCUT2D eigenvalue weighted by atomic mass is 32.2. The van der Waals surface area contributed by atoms with Crippen LogP contribution in [-0.4, -0.2) is 39.7 Å². The summed E-state index contributed by atoms with van der Waals surface area (Å²) in [7, 11) is -0.701. The van der Waals surface area contributed by atoms with Crippen LogP contribution in [0.4, 0.5) is 5.69 Å². The van der Waals surface area contributed by atoms with E-state index in [1.54, 1.807) is 41.1 Å². The van der Waals surface area contributed by atoms with Crippen LogP contribution in [0.3, 0.4) is 0 Å². The predicted octanol–water partition coefficient (Wildman–Crippen LogP) is 3.62. The Bertz CT molecular complexity index is 1100. The molecule has 0 N–H and O–H groups in total. The molecule has 9 heteroatoms. The van der Waals surface area contributed by atoms with Crippen LogP contribution in [0.15, 0.2) is 39.9 Å². The second-order valence-electron chi connectivity index (χ2n) is 6.16. The van der Waals surface area contributed by atoms with Gasteiger partial charge in [0.2, 0.25) is 0 Å². The number of fused-ring (bicyclic) bond motifs is 1. The Kier molecular flexibility index (Phi) is 5.78. The van der Waals surface area contributed by atoms with Gasteiger partial charge in [-0.15, -0.1) is 11.3 Å². The maximum Gasteiger partial charge on any atom is 0.355 e. The molecule has 0 radical (unpaired) electrons. The molecule has 1 aromatic carbocycles. The first kappa shape index (κ1) is 20.4. The monoisotopic (exact) mass is 422 g/mol. The highest BCUT2D eigenvalue weighted by molar-refractivity contribution is 7.94. The number of carbonyl (C=O) groups is 1. The molecule has 0 saturated heterocycles. The lowest BCUT2D eigenvalue weighted by atomic mass is 10.1. The standard InChI is InChI=1S/C19H22N2O5S2/c1-5-26-19(22)16-11-14-13(2)8-9-15(18(14)21(16)12-25-4)20(3)28(23,24)17-7-6-10-27-17/h6-11H,5,12H2,1-4H3. The molecular formula is C19H22N2O5S2. The van der Waals surface area contributed by atoms with Crippen molar-refractivity contribution in [2.24, 2.45) is 0 Å². The van der Waals surface area contributed by atoms with Crippen LogP contribution in [0.2, 0.25) is 0 Å². The molecule has 0 saturated carbocycles. The second kappa shape index (κ2) is 7.94. The van der Waals surface area contributed by atoms with Crippen molar-refractivity contribution in [1.82, 2.24) is 4.57 Å². The van der Waals surface area contributed by atoms with E-state index in [1.807, 2.05) is 13.0 Å². The molecule has 3 aromatic rings. The third kappa shape index (κ3) is 3.41. The fraction of sp³-hybridized carbons (Fsp3) is 0.316. The smallest absolute Gasteiger partial charge is 0.355 e. The minimum absolute atomic E-state index is 0.0843. The molecule has 0 spiro atoms. The quantitative estimate of drug-likeness (QED) is 0.544. The van der Waals surface area contributed by atoms with Gasteiger partial charge in [0.25, 0.3) is 10.0 Å². The summed E-state index contributed by atoms with van der Waals surface area (Å²) in [6.07, 6.45) is 0. The van der Waals surface area contributed by atoms with Crippen molar-refractivity contribution in [2.45, 2.75) is 24.8 Å². The summed E-state index contributed by atoms with van der Waals surface area (Å²) in [5, 5.41) is 2.49. The zero-order valence-electron chi connectivity index (χ0n) is 16.1. The van der Waals surface area contributed by atoms with E-state index < -0.39 is 16.0 Å². The predicted molar refractivity (Wildman–Crippen MR) is 110 cm³/mol. The first-order valence-corrected chi connectivity index (χ1v) is 11.0. The lowest BCUT2D eigenvalue weighted by molar-refractivity contribution is 0.0496. The van der Waals surface area contributed by atoms with Crippen molar-refractivity contribution in [2.75, 3.05) is 25.1 Å². The maximum atomic E-state index is 13.0. The fourth-order valence-electron chi connectivity index (χ4n) is 3.06. The van der Waals surface area contributed by atoms with Crippen LogP contribution in [-0.2, 0) is 26.2 Å². The van der Waals surface area contributed by atoms with Gasteiger partial charge in [-0.1, -0.05) is 12.1 Å². The number of rotatable bonds is 7. The number of ether oxygens (including phenoxy) is 2. The maximum absolute atomic E-state index is 13.0. The molecule has 0 aliphatic rings. The highest BCUT2D eigenvalue weighted by Gasteiger charge is 2.27. The Labute approximate surface area is 168 Å². The van der Waals surface area contributed by atoms with Gasteiger partial charge in [-0.05, 0) is 43.0 Å². The zero-order valence-corrected chi connectivity index (χ0v) is 17.8. The Morgan fingerprint density at radius 3 is 2.64 bits per heavy atom. The number of thiophene rings is 1. The number of nitrogens with zero attached hydrogens (tertiary/aromatic N) is 2. The number of carbonyl (C=O) groups excluding carboxylic acids is 1. The number of sulfonamides is 1. The summed E-state index contributed by atoms with van der Waals surface area (Å²) < 4.78 is 39.7. The number of methoxy groups -OCH3 is 1. The number of aromatic nitrogens is 1. The van der Waals surface area contributed by atoms with E-state index in [9.17, 15) is 13.2 Å². The molecule has 0 aliphatic heterocycles. The number of benzene rings is 1. The van der Waals surface area contributed by atoms with Gasteiger partial charge in [-0.25, -0.2) is 13.2 Å². The first-order valence-electron chi connectivity index (χ1n) is 8.64. The van der Waals surface area contributed by atoms with Gasteiger partial charge < -0.3 is 14.0 Å². The van der Waals surface area contributed by atoms with Crippen molar-refractivity contribution in [3.8, 4) is 0 Å². The Morgan fingerprint density at radius 1 is 1.29 bits per heavy atom. The number of esters is 1. The van der Waals surface area contributed by atoms with Crippen LogP contribution >= 0.6 is 11.3 Å². The Morgan fingerprint density at radius 2 is 2.04 bits per heavy atom. The van der Waals surface area contributed by atoms with Gasteiger partial charge >= 0.3 is 5.97 Å². The summed E-state index contributed by atoms with van der Waals surface area (Å²) >= 11 is 1.16. The van der Waals surface area contributed by atoms with Crippen LogP contribution < -0.4 is 4.31 Å². The average Bonchev–Trinajstić information content (AvgIpc) is 3.32. The molecule has 28 heavy (non-hydrogen) atoms. The third-order valence-corrected chi connectivity index (χ3v) is 7.59. The normalized spacial score (nSPS) is 11.7. The summed E-state index contributed by atoms with van der Waals surface area (Å²) in [4.78, 5) is 12.5. The summed E-state index contributed by atoms with van der Waals surface area (Å²) in [6, 6.07) is 8.56. The fourth-order valence-corrected chi connectivity index (χ4v) is 5.43. The van der Waals surface area contributed by atoms with E-state index >= 15 is 0 Å². The minimum atomic E-state index is -3.72. The van der Waals surface area contributed by atoms with Crippen molar-refractivity contribution in [3.05, 3.63) is 47.0 Å². The van der Waals surface area contributed by atoms with E-state index in [1.165, 1.54) is 18.5 Å². The summed E-state index contributed by atoms with van der Waals surface area (Å²) in [6.45, 7) is 3.97. The van der Waals surface area contributed by atoms with E-state index in [-0.39, 0.29) is 17.5 Å². The van der Waals surface area contributed by atoms with Crippen LogP contribution in [0.5, 0.6) is 0 Å². The lowest BCUT2D eigenvalue weighted by Crippen LogP contribution is -2.26. The number of anilines is 1. The van der Waals surface area contributed by atoms with Crippen molar-refractivity contribution < 1.29 is 22.7 Å². The zero-order chi connectivity index (χ0) is 20.5. The second-order valence-corrected chi connectivity index (χ2v) is 9.31. The van der Waals surface area contributed by atoms with E-state index in [4.69, 9.17) is 9.47 Å². The molecule has 2 heterocycles. The molecule has 150 valence electrons. The van der Waals surface area contributed by atoms with E-state index in [0.717, 1.165) is 22.3 Å². The average molecular weight is 423 g/mol. The summed E-state index contributed by atoms with van der Waals surface area (Å²) in [5.74, 6) is -0.482. The van der Waals surface area contributed by atoms with Gasteiger partial charge in [0.15, 0.2) is 0 Å².